The Balaban J connectivity index is 1.99. The number of ether oxygens (including phenoxy) is 1. The van der Waals surface area contributed by atoms with Crippen molar-refractivity contribution in [2.24, 2.45) is 0 Å². The summed E-state index contributed by atoms with van der Waals surface area (Å²) >= 11 is 0. The SMILES string of the molecule is CCNC1CCN(C(OC=O)c2ccccc2)CC1. The minimum atomic E-state index is -0.249. The van der Waals surface area contributed by atoms with Gasteiger partial charge in [-0.25, -0.2) is 0 Å². The normalized spacial score (nSPS) is 19.0. The van der Waals surface area contributed by atoms with Crippen LogP contribution in [0.25, 0.3) is 0 Å². The minimum Gasteiger partial charge on any atom is -0.444 e. The van der Waals surface area contributed by atoms with E-state index >= 15 is 0 Å². The summed E-state index contributed by atoms with van der Waals surface area (Å²) in [5, 5.41) is 3.48. The molecule has 0 bridgehead atoms. The Hall–Kier alpha value is -1.39. The van der Waals surface area contributed by atoms with Crippen molar-refractivity contribution < 1.29 is 9.53 Å². The summed E-state index contributed by atoms with van der Waals surface area (Å²) in [6.07, 6.45) is 1.94. The van der Waals surface area contributed by atoms with Crippen LogP contribution in [0.1, 0.15) is 31.6 Å². The van der Waals surface area contributed by atoms with E-state index in [0.717, 1.165) is 38.0 Å². The van der Waals surface area contributed by atoms with Gasteiger partial charge in [0.2, 0.25) is 0 Å². The molecule has 4 nitrogen and oxygen atoms in total. The fourth-order valence-corrected chi connectivity index (χ4v) is 2.67. The largest absolute Gasteiger partial charge is 0.444 e. The molecule has 1 aliphatic heterocycles. The summed E-state index contributed by atoms with van der Waals surface area (Å²) in [4.78, 5) is 13.0. The van der Waals surface area contributed by atoms with E-state index in [1.165, 1.54) is 0 Å². The number of nitrogens with one attached hydrogen (secondary N) is 1. The molecular formula is C15H22N2O2. The summed E-state index contributed by atoms with van der Waals surface area (Å²) < 4.78 is 5.29. The van der Waals surface area contributed by atoms with E-state index in [1.807, 2.05) is 30.3 Å². The molecule has 2 rings (SSSR count). The molecule has 0 aromatic heterocycles. The summed E-state index contributed by atoms with van der Waals surface area (Å²) in [6, 6.07) is 10.5. The molecule has 0 radical (unpaired) electrons. The van der Waals surface area contributed by atoms with E-state index in [1.54, 1.807) is 0 Å². The van der Waals surface area contributed by atoms with Gasteiger partial charge in [-0.1, -0.05) is 37.3 Å². The maximum atomic E-state index is 10.7. The highest BCUT2D eigenvalue weighted by atomic mass is 16.5. The predicted octanol–water partition coefficient (Wildman–Crippen LogP) is 1.93. The van der Waals surface area contributed by atoms with Crippen LogP contribution >= 0.6 is 0 Å². The van der Waals surface area contributed by atoms with Crippen molar-refractivity contribution in [3.8, 4) is 0 Å². The fourth-order valence-electron chi connectivity index (χ4n) is 2.67. The van der Waals surface area contributed by atoms with Crippen LogP contribution in [-0.4, -0.2) is 37.0 Å². The lowest BCUT2D eigenvalue weighted by atomic mass is 10.0. The Morgan fingerprint density at radius 3 is 2.63 bits per heavy atom. The molecule has 19 heavy (non-hydrogen) atoms. The van der Waals surface area contributed by atoms with Crippen LogP contribution in [-0.2, 0) is 9.53 Å². The topological polar surface area (TPSA) is 41.6 Å². The molecule has 1 unspecified atom stereocenters. The van der Waals surface area contributed by atoms with Gasteiger partial charge in [-0.15, -0.1) is 0 Å². The number of carbonyl (C=O) groups excluding carboxylic acids is 1. The second kappa shape index (κ2) is 7.26. The van der Waals surface area contributed by atoms with E-state index < -0.39 is 0 Å². The van der Waals surface area contributed by atoms with Crippen molar-refractivity contribution in [3.63, 3.8) is 0 Å². The van der Waals surface area contributed by atoms with Gasteiger partial charge in [0.1, 0.15) is 0 Å². The Bertz CT molecular complexity index is 375. The molecule has 0 aliphatic carbocycles. The molecule has 1 heterocycles. The maximum Gasteiger partial charge on any atom is 0.294 e. The minimum absolute atomic E-state index is 0.249. The molecule has 1 aromatic carbocycles. The van der Waals surface area contributed by atoms with Crippen molar-refractivity contribution in [3.05, 3.63) is 35.9 Å². The Kier molecular flexibility index (Phi) is 5.36. The van der Waals surface area contributed by atoms with Gasteiger partial charge in [-0.2, -0.15) is 0 Å². The molecule has 0 spiro atoms. The smallest absolute Gasteiger partial charge is 0.294 e. The predicted molar refractivity (Wildman–Crippen MR) is 74.6 cm³/mol. The van der Waals surface area contributed by atoms with Crippen LogP contribution in [0.2, 0.25) is 0 Å². The lowest BCUT2D eigenvalue weighted by Gasteiger charge is -2.36. The third kappa shape index (κ3) is 3.78. The first-order valence-electron chi connectivity index (χ1n) is 6.96. The van der Waals surface area contributed by atoms with Gasteiger partial charge in [0, 0.05) is 24.7 Å². The molecule has 1 saturated heterocycles. The molecule has 1 fully saturated rings. The van der Waals surface area contributed by atoms with Crippen molar-refractivity contribution in [1.82, 2.24) is 10.2 Å². The average Bonchev–Trinajstić information content (AvgIpc) is 2.47. The number of hydrogen-bond donors (Lipinski definition) is 1. The van der Waals surface area contributed by atoms with E-state index in [0.29, 0.717) is 12.5 Å². The summed E-state index contributed by atoms with van der Waals surface area (Å²) in [7, 11) is 0. The van der Waals surface area contributed by atoms with E-state index in [2.05, 4.69) is 17.1 Å². The molecule has 4 heteroatoms. The van der Waals surface area contributed by atoms with Gasteiger partial charge in [0.05, 0.1) is 0 Å². The third-order valence-corrected chi connectivity index (χ3v) is 3.62. The fraction of sp³-hybridized carbons (Fsp3) is 0.533. The number of rotatable bonds is 6. The van der Waals surface area contributed by atoms with E-state index in [-0.39, 0.29) is 6.23 Å². The zero-order chi connectivity index (χ0) is 13.5. The van der Waals surface area contributed by atoms with Gasteiger partial charge in [-0.3, -0.25) is 9.69 Å². The highest BCUT2D eigenvalue weighted by molar-refractivity contribution is 5.38. The summed E-state index contributed by atoms with van der Waals surface area (Å²) in [6.45, 7) is 5.59. The number of hydrogen-bond acceptors (Lipinski definition) is 4. The molecule has 0 amide bonds. The van der Waals surface area contributed by atoms with Crippen molar-refractivity contribution >= 4 is 6.47 Å². The number of nitrogens with zero attached hydrogens (tertiary/aromatic N) is 1. The van der Waals surface area contributed by atoms with Gasteiger partial charge in [0.15, 0.2) is 6.23 Å². The zero-order valence-corrected chi connectivity index (χ0v) is 11.4. The third-order valence-electron chi connectivity index (χ3n) is 3.62. The first-order valence-corrected chi connectivity index (χ1v) is 6.96. The molecule has 1 atom stereocenters. The lowest BCUT2D eigenvalue weighted by Crippen LogP contribution is -2.44. The van der Waals surface area contributed by atoms with Crippen LogP contribution in [0.15, 0.2) is 30.3 Å². The van der Waals surface area contributed by atoms with Crippen molar-refractivity contribution in [2.75, 3.05) is 19.6 Å². The van der Waals surface area contributed by atoms with Crippen molar-refractivity contribution in [1.29, 1.82) is 0 Å². The zero-order valence-electron chi connectivity index (χ0n) is 11.4. The van der Waals surface area contributed by atoms with Crippen LogP contribution in [0, 0.1) is 0 Å². The van der Waals surface area contributed by atoms with Crippen LogP contribution < -0.4 is 5.32 Å². The highest BCUT2D eigenvalue weighted by Gasteiger charge is 2.26. The van der Waals surface area contributed by atoms with Gasteiger partial charge in [-0.05, 0) is 19.4 Å². The molecular weight excluding hydrogens is 240 g/mol. The molecule has 0 saturated carbocycles. The van der Waals surface area contributed by atoms with Gasteiger partial charge < -0.3 is 10.1 Å². The number of piperidine rings is 1. The summed E-state index contributed by atoms with van der Waals surface area (Å²) in [5.74, 6) is 0. The number of likely N-dealkylation sites (tertiary alicyclic amines) is 1. The average molecular weight is 262 g/mol. The second-order valence-corrected chi connectivity index (χ2v) is 4.86. The quantitative estimate of drug-likeness (QED) is 0.795. The first-order chi connectivity index (χ1) is 9.35. The Morgan fingerprint density at radius 1 is 1.37 bits per heavy atom. The molecule has 1 N–H and O–H groups in total. The molecule has 1 aromatic rings. The monoisotopic (exact) mass is 262 g/mol. The highest BCUT2D eigenvalue weighted by Crippen LogP contribution is 2.25. The lowest BCUT2D eigenvalue weighted by molar-refractivity contribution is -0.145. The molecule has 104 valence electrons. The number of carbonyl (C=O) groups is 1. The van der Waals surface area contributed by atoms with Crippen LogP contribution in [0.4, 0.5) is 0 Å². The van der Waals surface area contributed by atoms with Crippen LogP contribution in [0.5, 0.6) is 0 Å². The Morgan fingerprint density at radius 2 is 2.05 bits per heavy atom. The molecule has 1 aliphatic rings. The van der Waals surface area contributed by atoms with Crippen molar-refractivity contribution in [2.45, 2.75) is 32.0 Å². The van der Waals surface area contributed by atoms with Gasteiger partial charge in [0.25, 0.3) is 6.47 Å². The summed E-state index contributed by atoms with van der Waals surface area (Å²) in [5.41, 5.74) is 1.04. The van der Waals surface area contributed by atoms with E-state index in [9.17, 15) is 4.79 Å². The first kappa shape index (κ1) is 14.0. The second-order valence-electron chi connectivity index (χ2n) is 4.86. The van der Waals surface area contributed by atoms with Crippen LogP contribution in [0.3, 0.4) is 0 Å². The van der Waals surface area contributed by atoms with Gasteiger partial charge >= 0.3 is 0 Å². The van der Waals surface area contributed by atoms with E-state index in [4.69, 9.17) is 4.74 Å². The number of benzene rings is 1. The maximum absolute atomic E-state index is 10.7. The Labute approximate surface area is 114 Å². The standard InChI is InChI=1S/C15H22N2O2/c1-2-16-14-8-10-17(11-9-14)15(19-12-18)13-6-4-3-5-7-13/h3-7,12,14-16H,2,8-11H2,1H3.